The third-order valence-electron chi connectivity index (χ3n) is 4.94. The molecule has 0 heterocycles. The fraction of sp³-hybridized carbons (Fsp3) is 0.625. The van der Waals surface area contributed by atoms with Gasteiger partial charge >= 0.3 is 0 Å². The van der Waals surface area contributed by atoms with E-state index in [9.17, 15) is 5.11 Å². The summed E-state index contributed by atoms with van der Waals surface area (Å²) in [6.45, 7) is 2.50. The molecular formula is C16H23Cl2NO. The van der Waals surface area contributed by atoms with Gasteiger partial charge in [0.15, 0.2) is 0 Å². The Bertz CT molecular complexity index is 438. The summed E-state index contributed by atoms with van der Waals surface area (Å²) in [5.41, 5.74) is 6.71. The number of aliphatic hydroxyl groups is 1. The van der Waals surface area contributed by atoms with Gasteiger partial charge in [-0.25, -0.2) is 0 Å². The lowest BCUT2D eigenvalue weighted by Gasteiger charge is -2.38. The fourth-order valence-electron chi connectivity index (χ4n) is 3.63. The third-order valence-corrected chi connectivity index (χ3v) is 5.60. The van der Waals surface area contributed by atoms with Crippen molar-refractivity contribution in [1.29, 1.82) is 0 Å². The first-order valence-corrected chi connectivity index (χ1v) is 8.13. The van der Waals surface area contributed by atoms with Gasteiger partial charge in [-0.05, 0) is 42.4 Å². The number of hydrogen-bond donors (Lipinski definition) is 2. The first kappa shape index (κ1) is 16.1. The molecule has 20 heavy (non-hydrogen) atoms. The molecule has 1 aromatic carbocycles. The summed E-state index contributed by atoms with van der Waals surface area (Å²) in [6.07, 6.45) is 4.95. The lowest BCUT2D eigenvalue weighted by molar-refractivity contribution is 0.00605. The number of halogens is 2. The molecule has 0 spiro atoms. The third kappa shape index (κ3) is 2.85. The van der Waals surface area contributed by atoms with Gasteiger partial charge in [-0.15, -0.1) is 0 Å². The molecule has 0 saturated heterocycles. The highest BCUT2D eigenvalue weighted by molar-refractivity contribution is 6.36. The Kier molecular flexibility index (Phi) is 5.36. The lowest BCUT2D eigenvalue weighted by Crippen LogP contribution is -2.40. The Labute approximate surface area is 131 Å². The maximum absolute atomic E-state index is 11.0. The summed E-state index contributed by atoms with van der Waals surface area (Å²) < 4.78 is 0. The second kappa shape index (κ2) is 6.65. The second-order valence-corrected chi connectivity index (χ2v) is 6.66. The zero-order valence-electron chi connectivity index (χ0n) is 11.9. The number of benzene rings is 1. The predicted octanol–water partition coefficient (Wildman–Crippen LogP) is 4.37. The molecule has 0 radical (unpaired) electrons. The monoisotopic (exact) mass is 315 g/mol. The summed E-state index contributed by atoms with van der Waals surface area (Å²) >= 11 is 12.6. The Hall–Kier alpha value is -0.280. The molecule has 1 aromatic rings. The van der Waals surface area contributed by atoms with Crippen molar-refractivity contribution >= 4 is 23.2 Å². The highest BCUT2D eigenvalue weighted by Crippen LogP contribution is 2.49. The normalized spacial score (nSPS) is 20.9. The van der Waals surface area contributed by atoms with Crippen molar-refractivity contribution in [2.75, 3.05) is 6.54 Å². The SMILES string of the molecule is CCC1(C(O)C(CN)c2c(Cl)cccc2Cl)CCCC1. The lowest BCUT2D eigenvalue weighted by atomic mass is 9.71. The molecule has 2 rings (SSSR count). The Morgan fingerprint density at radius 1 is 1.25 bits per heavy atom. The van der Waals surface area contributed by atoms with Crippen LogP contribution in [-0.4, -0.2) is 17.8 Å². The molecule has 3 N–H and O–H groups in total. The van der Waals surface area contributed by atoms with Gasteiger partial charge in [0.05, 0.1) is 6.10 Å². The average Bonchev–Trinajstić information content (AvgIpc) is 2.92. The molecule has 0 amide bonds. The smallest absolute Gasteiger partial charge is 0.0677 e. The second-order valence-electron chi connectivity index (χ2n) is 5.85. The van der Waals surface area contributed by atoms with Crippen LogP contribution < -0.4 is 5.73 Å². The molecule has 4 heteroatoms. The van der Waals surface area contributed by atoms with E-state index in [4.69, 9.17) is 28.9 Å². The number of rotatable bonds is 5. The fourth-order valence-corrected chi connectivity index (χ4v) is 4.31. The van der Waals surface area contributed by atoms with Crippen LogP contribution in [0.1, 0.15) is 50.5 Å². The van der Waals surface area contributed by atoms with E-state index in [1.807, 2.05) is 18.2 Å². The Balaban J connectivity index is 2.37. The van der Waals surface area contributed by atoms with Crippen molar-refractivity contribution in [3.8, 4) is 0 Å². The maximum atomic E-state index is 11.0. The van der Waals surface area contributed by atoms with E-state index in [0.29, 0.717) is 16.6 Å². The van der Waals surface area contributed by atoms with Crippen LogP contribution in [0.4, 0.5) is 0 Å². The minimum atomic E-state index is -0.489. The van der Waals surface area contributed by atoms with Crippen molar-refractivity contribution in [3.63, 3.8) is 0 Å². The summed E-state index contributed by atoms with van der Waals surface area (Å²) in [7, 11) is 0. The molecule has 1 aliphatic carbocycles. The summed E-state index contributed by atoms with van der Waals surface area (Å²) in [5, 5.41) is 12.2. The number of aliphatic hydroxyl groups excluding tert-OH is 1. The van der Waals surface area contributed by atoms with E-state index in [1.54, 1.807) is 0 Å². The Morgan fingerprint density at radius 3 is 2.25 bits per heavy atom. The van der Waals surface area contributed by atoms with Crippen LogP contribution in [0.3, 0.4) is 0 Å². The van der Waals surface area contributed by atoms with Crippen molar-refractivity contribution in [1.82, 2.24) is 0 Å². The molecule has 0 bridgehead atoms. The van der Waals surface area contributed by atoms with Crippen LogP contribution >= 0.6 is 23.2 Å². The quantitative estimate of drug-likeness (QED) is 0.847. The molecule has 1 aliphatic rings. The van der Waals surface area contributed by atoms with Gasteiger partial charge in [0.1, 0.15) is 0 Å². The molecule has 1 fully saturated rings. The maximum Gasteiger partial charge on any atom is 0.0677 e. The zero-order chi connectivity index (χ0) is 14.8. The van der Waals surface area contributed by atoms with Gasteiger partial charge in [0, 0.05) is 22.5 Å². The molecule has 2 atom stereocenters. The van der Waals surface area contributed by atoms with E-state index >= 15 is 0 Å². The van der Waals surface area contributed by atoms with E-state index in [2.05, 4.69) is 6.92 Å². The van der Waals surface area contributed by atoms with Crippen LogP contribution in [0.25, 0.3) is 0 Å². The summed E-state index contributed by atoms with van der Waals surface area (Å²) in [4.78, 5) is 0. The number of nitrogens with two attached hydrogens (primary N) is 1. The predicted molar refractivity (Wildman–Crippen MR) is 85.5 cm³/mol. The molecule has 2 unspecified atom stereocenters. The first-order valence-electron chi connectivity index (χ1n) is 7.38. The van der Waals surface area contributed by atoms with Crippen LogP contribution in [0, 0.1) is 5.41 Å². The van der Waals surface area contributed by atoms with E-state index in [-0.39, 0.29) is 11.3 Å². The first-order chi connectivity index (χ1) is 9.55. The minimum Gasteiger partial charge on any atom is -0.392 e. The average molecular weight is 316 g/mol. The van der Waals surface area contributed by atoms with Gasteiger partial charge in [-0.3, -0.25) is 0 Å². The van der Waals surface area contributed by atoms with Crippen LogP contribution in [0.5, 0.6) is 0 Å². The minimum absolute atomic E-state index is 0.0352. The summed E-state index contributed by atoms with van der Waals surface area (Å²) in [5.74, 6) is -0.200. The molecule has 0 aromatic heterocycles. The largest absolute Gasteiger partial charge is 0.392 e. The van der Waals surface area contributed by atoms with E-state index in [1.165, 1.54) is 12.8 Å². The molecule has 1 saturated carbocycles. The van der Waals surface area contributed by atoms with Gasteiger partial charge in [0.2, 0.25) is 0 Å². The van der Waals surface area contributed by atoms with Crippen LogP contribution in [0.15, 0.2) is 18.2 Å². The van der Waals surface area contributed by atoms with Gasteiger partial charge in [-0.2, -0.15) is 0 Å². The topological polar surface area (TPSA) is 46.2 Å². The zero-order valence-corrected chi connectivity index (χ0v) is 13.4. The molecular weight excluding hydrogens is 293 g/mol. The standard InChI is InChI=1S/C16H23Cl2NO/c1-2-16(8-3-4-9-16)15(20)11(10-19)14-12(17)6-5-7-13(14)18/h5-7,11,15,20H,2-4,8-10,19H2,1H3. The van der Waals surface area contributed by atoms with Crippen LogP contribution in [0.2, 0.25) is 10.0 Å². The van der Waals surface area contributed by atoms with Crippen molar-refractivity contribution in [2.24, 2.45) is 11.1 Å². The van der Waals surface area contributed by atoms with Gasteiger partial charge in [0.25, 0.3) is 0 Å². The summed E-state index contributed by atoms with van der Waals surface area (Å²) in [6, 6.07) is 5.44. The number of hydrogen-bond acceptors (Lipinski definition) is 2. The highest BCUT2D eigenvalue weighted by atomic mass is 35.5. The molecule has 112 valence electrons. The highest BCUT2D eigenvalue weighted by Gasteiger charge is 2.43. The Morgan fingerprint density at radius 2 is 1.80 bits per heavy atom. The van der Waals surface area contributed by atoms with Gasteiger partial charge < -0.3 is 10.8 Å². The van der Waals surface area contributed by atoms with Gasteiger partial charge in [-0.1, -0.05) is 49.0 Å². The van der Waals surface area contributed by atoms with Crippen molar-refractivity contribution < 1.29 is 5.11 Å². The molecule has 2 nitrogen and oxygen atoms in total. The van der Waals surface area contributed by atoms with E-state index in [0.717, 1.165) is 24.8 Å². The van der Waals surface area contributed by atoms with Crippen molar-refractivity contribution in [3.05, 3.63) is 33.8 Å². The van der Waals surface area contributed by atoms with Crippen molar-refractivity contribution in [2.45, 2.75) is 51.0 Å². The van der Waals surface area contributed by atoms with E-state index < -0.39 is 6.10 Å². The van der Waals surface area contributed by atoms with Crippen LogP contribution in [-0.2, 0) is 0 Å². The molecule has 0 aliphatic heterocycles.